The van der Waals surface area contributed by atoms with Crippen molar-refractivity contribution < 1.29 is 4.74 Å². The van der Waals surface area contributed by atoms with Gasteiger partial charge in [-0.3, -0.25) is 4.98 Å². The Labute approximate surface area is 113 Å². The molecular weight excluding hydrogens is 238 g/mol. The fourth-order valence-corrected chi connectivity index (χ4v) is 1.82. The standard InChI is InChI=1S/C15H19N3O/c1-11(2)10-19-8-7-18-14-5-6-17-15-9-12(16)3-4-13(14)15/h3-6,9H,1,7-8,10,16H2,2H3,(H,17,18). The number of hydrogen-bond acceptors (Lipinski definition) is 4. The molecule has 0 bridgehead atoms. The van der Waals surface area contributed by atoms with Gasteiger partial charge in [-0.25, -0.2) is 0 Å². The zero-order valence-electron chi connectivity index (χ0n) is 11.1. The monoisotopic (exact) mass is 257 g/mol. The van der Waals surface area contributed by atoms with Crippen molar-refractivity contribution in [3.8, 4) is 0 Å². The van der Waals surface area contributed by atoms with Crippen LogP contribution in [0.5, 0.6) is 0 Å². The molecule has 0 atom stereocenters. The van der Waals surface area contributed by atoms with Crippen molar-refractivity contribution in [3.63, 3.8) is 0 Å². The Balaban J connectivity index is 1.99. The lowest BCUT2D eigenvalue weighted by Gasteiger charge is -2.10. The Morgan fingerprint density at radius 1 is 1.42 bits per heavy atom. The summed E-state index contributed by atoms with van der Waals surface area (Å²) < 4.78 is 5.45. The molecule has 3 N–H and O–H groups in total. The summed E-state index contributed by atoms with van der Waals surface area (Å²) in [7, 11) is 0. The summed E-state index contributed by atoms with van der Waals surface area (Å²) in [6.45, 7) is 7.74. The predicted molar refractivity (Wildman–Crippen MR) is 80.3 cm³/mol. The van der Waals surface area contributed by atoms with E-state index in [9.17, 15) is 0 Å². The van der Waals surface area contributed by atoms with Gasteiger partial charge in [0.2, 0.25) is 0 Å². The van der Waals surface area contributed by atoms with Crippen LogP contribution >= 0.6 is 0 Å². The van der Waals surface area contributed by atoms with Crippen molar-refractivity contribution in [3.05, 3.63) is 42.6 Å². The van der Waals surface area contributed by atoms with Gasteiger partial charge in [0, 0.05) is 29.5 Å². The highest BCUT2D eigenvalue weighted by atomic mass is 16.5. The van der Waals surface area contributed by atoms with Gasteiger partial charge in [0.15, 0.2) is 0 Å². The summed E-state index contributed by atoms with van der Waals surface area (Å²) in [6, 6.07) is 7.69. The second-order valence-corrected chi connectivity index (χ2v) is 4.57. The Hall–Kier alpha value is -2.07. The van der Waals surface area contributed by atoms with Gasteiger partial charge in [-0.1, -0.05) is 12.2 Å². The molecule has 0 saturated carbocycles. The van der Waals surface area contributed by atoms with E-state index < -0.39 is 0 Å². The summed E-state index contributed by atoms with van der Waals surface area (Å²) in [5.74, 6) is 0. The van der Waals surface area contributed by atoms with Crippen LogP contribution in [-0.4, -0.2) is 24.7 Å². The second-order valence-electron chi connectivity index (χ2n) is 4.57. The fraction of sp³-hybridized carbons (Fsp3) is 0.267. The van der Waals surface area contributed by atoms with Crippen LogP contribution in [0.15, 0.2) is 42.6 Å². The van der Waals surface area contributed by atoms with Crippen LogP contribution in [0.1, 0.15) is 6.92 Å². The van der Waals surface area contributed by atoms with Crippen molar-refractivity contribution in [2.75, 3.05) is 30.8 Å². The first-order valence-corrected chi connectivity index (χ1v) is 6.27. The van der Waals surface area contributed by atoms with Gasteiger partial charge in [-0.05, 0) is 31.2 Å². The van der Waals surface area contributed by atoms with E-state index in [4.69, 9.17) is 10.5 Å². The van der Waals surface area contributed by atoms with Crippen LogP contribution in [0.2, 0.25) is 0 Å². The molecule has 0 saturated heterocycles. The van der Waals surface area contributed by atoms with Crippen molar-refractivity contribution in [2.24, 2.45) is 0 Å². The van der Waals surface area contributed by atoms with Gasteiger partial charge in [0.1, 0.15) is 0 Å². The minimum absolute atomic E-state index is 0.606. The number of pyridine rings is 1. The lowest BCUT2D eigenvalue weighted by atomic mass is 10.1. The van der Waals surface area contributed by atoms with E-state index in [1.807, 2.05) is 31.2 Å². The van der Waals surface area contributed by atoms with E-state index in [0.29, 0.717) is 13.2 Å². The van der Waals surface area contributed by atoms with Crippen molar-refractivity contribution >= 4 is 22.3 Å². The number of nitrogens with one attached hydrogen (secondary N) is 1. The summed E-state index contributed by atoms with van der Waals surface area (Å²) in [4.78, 5) is 4.31. The molecule has 0 spiro atoms. The third kappa shape index (κ3) is 3.69. The van der Waals surface area contributed by atoms with Crippen molar-refractivity contribution in [1.82, 2.24) is 4.98 Å². The Morgan fingerprint density at radius 2 is 2.26 bits per heavy atom. The van der Waals surface area contributed by atoms with E-state index >= 15 is 0 Å². The number of nitrogens with zero attached hydrogens (tertiary/aromatic N) is 1. The van der Waals surface area contributed by atoms with E-state index in [-0.39, 0.29) is 0 Å². The fourth-order valence-electron chi connectivity index (χ4n) is 1.82. The van der Waals surface area contributed by atoms with E-state index in [2.05, 4.69) is 16.9 Å². The topological polar surface area (TPSA) is 60.2 Å². The van der Waals surface area contributed by atoms with Gasteiger partial charge in [-0.2, -0.15) is 0 Å². The molecule has 2 rings (SSSR count). The SMILES string of the molecule is C=C(C)COCCNc1ccnc2cc(N)ccc12. The molecule has 19 heavy (non-hydrogen) atoms. The van der Waals surface area contributed by atoms with Gasteiger partial charge >= 0.3 is 0 Å². The van der Waals surface area contributed by atoms with Crippen LogP contribution in [0.3, 0.4) is 0 Å². The molecule has 0 aliphatic carbocycles. The molecule has 100 valence electrons. The minimum Gasteiger partial charge on any atom is -0.399 e. The smallest absolute Gasteiger partial charge is 0.0743 e. The molecule has 2 aromatic rings. The summed E-state index contributed by atoms with van der Waals surface area (Å²) in [6.07, 6.45) is 1.78. The summed E-state index contributed by atoms with van der Waals surface area (Å²) in [5.41, 5.74) is 9.45. The molecule has 0 aliphatic rings. The molecule has 1 aromatic heterocycles. The van der Waals surface area contributed by atoms with Gasteiger partial charge < -0.3 is 15.8 Å². The van der Waals surface area contributed by atoms with Crippen LogP contribution in [0.4, 0.5) is 11.4 Å². The summed E-state index contributed by atoms with van der Waals surface area (Å²) in [5, 5.41) is 4.41. The van der Waals surface area contributed by atoms with Crippen molar-refractivity contribution in [2.45, 2.75) is 6.92 Å². The van der Waals surface area contributed by atoms with Gasteiger partial charge in [0.05, 0.1) is 18.7 Å². The highest BCUT2D eigenvalue weighted by Gasteiger charge is 2.01. The molecular formula is C15H19N3O. The van der Waals surface area contributed by atoms with E-state index in [1.165, 1.54) is 0 Å². The number of rotatable bonds is 6. The van der Waals surface area contributed by atoms with Gasteiger partial charge in [0.25, 0.3) is 0 Å². The number of aromatic nitrogens is 1. The molecule has 0 amide bonds. The number of anilines is 2. The zero-order chi connectivity index (χ0) is 13.7. The highest BCUT2D eigenvalue weighted by Crippen LogP contribution is 2.22. The normalized spacial score (nSPS) is 10.6. The van der Waals surface area contributed by atoms with E-state index in [1.54, 1.807) is 6.20 Å². The molecule has 0 radical (unpaired) electrons. The number of hydrogen-bond donors (Lipinski definition) is 2. The minimum atomic E-state index is 0.606. The number of nitrogens with two attached hydrogens (primary N) is 1. The average molecular weight is 257 g/mol. The quantitative estimate of drug-likeness (QED) is 0.474. The Bertz CT molecular complexity index is 581. The maximum absolute atomic E-state index is 5.75. The molecule has 4 heteroatoms. The predicted octanol–water partition coefficient (Wildman–Crippen LogP) is 2.82. The van der Waals surface area contributed by atoms with Gasteiger partial charge in [-0.15, -0.1) is 0 Å². The number of fused-ring (bicyclic) bond motifs is 1. The number of ether oxygens (including phenoxy) is 1. The van der Waals surface area contributed by atoms with E-state index in [0.717, 1.165) is 34.4 Å². The number of benzene rings is 1. The molecule has 1 heterocycles. The average Bonchev–Trinajstić information content (AvgIpc) is 2.37. The van der Waals surface area contributed by atoms with Crippen LogP contribution in [0.25, 0.3) is 10.9 Å². The molecule has 4 nitrogen and oxygen atoms in total. The molecule has 1 aromatic carbocycles. The number of nitrogen functional groups attached to an aromatic ring is 1. The Morgan fingerprint density at radius 3 is 3.05 bits per heavy atom. The molecule has 0 fully saturated rings. The lowest BCUT2D eigenvalue weighted by Crippen LogP contribution is -2.10. The third-order valence-electron chi connectivity index (χ3n) is 2.68. The zero-order valence-corrected chi connectivity index (χ0v) is 11.1. The lowest BCUT2D eigenvalue weighted by molar-refractivity contribution is 0.167. The third-order valence-corrected chi connectivity index (χ3v) is 2.68. The van der Waals surface area contributed by atoms with Crippen LogP contribution < -0.4 is 11.1 Å². The second kappa shape index (κ2) is 6.20. The van der Waals surface area contributed by atoms with Crippen LogP contribution in [-0.2, 0) is 4.74 Å². The Kier molecular flexibility index (Phi) is 4.36. The van der Waals surface area contributed by atoms with Crippen molar-refractivity contribution in [1.29, 1.82) is 0 Å². The molecule has 0 unspecified atom stereocenters. The maximum atomic E-state index is 5.75. The highest BCUT2D eigenvalue weighted by molar-refractivity contribution is 5.92. The first kappa shape index (κ1) is 13.4. The largest absolute Gasteiger partial charge is 0.399 e. The molecule has 0 aliphatic heterocycles. The first-order valence-electron chi connectivity index (χ1n) is 6.27. The first-order chi connectivity index (χ1) is 9.16. The maximum Gasteiger partial charge on any atom is 0.0743 e. The summed E-state index contributed by atoms with van der Waals surface area (Å²) >= 11 is 0. The van der Waals surface area contributed by atoms with Crippen LogP contribution in [0, 0.1) is 0 Å².